The molecule has 0 aromatic carbocycles. The van der Waals surface area contributed by atoms with Gasteiger partial charge in [0.2, 0.25) is 0 Å². The van der Waals surface area contributed by atoms with Crippen LogP contribution < -0.4 is 0 Å². The van der Waals surface area contributed by atoms with E-state index in [4.69, 9.17) is 9.47 Å². The number of fused-ring (bicyclic) bond motifs is 4. The maximum Gasteiger partial charge on any atom is 0.320 e. The summed E-state index contributed by atoms with van der Waals surface area (Å²) < 4.78 is 11.2. The lowest BCUT2D eigenvalue weighted by atomic mass is 9.45. The van der Waals surface area contributed by atoms with Crippen LogP contribution in [0.2, 0.25) is 0 Å². The van der Waals surface area contributed by atoms with Gasteiger partial charge in [-0.1, -0.05) is 13.0 Å². The summed E-state index contributed by atoms with van der Waals surface area (Å²) in [6, 6.07) is 0. The van der Waals surface area contributed by atoms with E-state index in [1.165, 1.54) is 0 Å². The molecule has 5 fully saturated rings. The number of hydrogen-bond donors (Lipinski definition) is 0. The van der Waals surface area contributed by atoms with Crippen molar-refractivity contribution in [2.45, 2.75) is 45.4 Å². The number of hydrogen-bond acceptors (Lipinski definition) is 5. The monoisotopic (exact) mass is 344 g/mol. The summed E-state index contributed by atoms with van der Waals surface area (Å²) in [6.45, 7) is 6.69. The van der Waals surface area contributed by atoms with Gasteiger partial charge in [-0.15, -0.1) is 0 Å². The van der Waals surface area contributed by atoms with Crippen LogP contribution in [-0.4, -0.2) is 30.9 Å². The summed E-state index contributed by atoms with van der Waals surface area (Å²) in [5, 5.41) is 0. The fourth-order valence-corrected chi connectivity index (χ4v) is 7.07. The molecule has 2 saturated heterocycles. The molecule has 3 aliphatic carbocycles. The number of carbonyl (C=O) groups excluding carboxylic acids is 3. The van der Waals surface area contributed by atoms with Crippen molar-refractivity contribution in [1.82, 2.24) is 0 Å². The molecule has 2 bridgehead atoms. The van der Waals surface area contributed by atoms with Crippen molar-refractivity contribution < 1.29 is 23.9 Å². The van der Waals surface area contributed by atoms with E-state index in [0.29, 0.717) is 25.2 Å². The van der Waals surface area contributed by atoms with Crippen LogP contribution in [0.4, 0.5) is 0 Å². The summed E-state index contributed by atoms with van der Waals surface area (Å²) in [5.41, 5.74) is -1.28. The predicted molar refractivity (Wildman–Crippen MR) is 87.2 cm³/mol. The van der Waals surface area contributed by atoms with Crippen LogP contribution in [-0.2, 0) is 23.9 Å². The highest BCUT2D eigenvalue weighted by molar-refractivity contribution is 6.15. The van der Waals surface area contributed by atoms with E-state index in [1.54, 1.807) is 0 Å². The summed E-state index contributed by atoms with van der Waals surface area (Å²) in [5.74, 6) is -0.491. The van der Waals surface area contributed by atoms with Crippen LogP contribution in [0.3, 0.4) is 0 Å². The molecule has 0 amide bonds. The summed E-state index contributed by atoms with van der Waals surface area (Å²) in [4.78, 5) is 38.4. The van der Waals surface area contributed by atoms with Crippen molar-refractivity contribution >= 4 is 17.7 Å². The Hall–Kier alpha value is -1.65. The lowest BCUT2D eigenvalue weighted by molar-refractivity contribution is -0.209. The van der Waals surface area contributed by atoms with Gasteiger partial charge >= 0.3 is 11.9 Å². The van der Waals surface area contributed by atoms with Gasteiger partial charge in [-0.05, 0) is 56.4 Å². The number of rotatable bonds is 0. The largest absolute Gasteiger partial charge is 0.465 e. The molecule has 3 saturated carbocycles. The Morgan fingerprint density at radius 3 is 2.64 bits per heavy atom. The topological polar surface area (TPSA) is 69.7 Å². The smallest absolute Gasteiger partial charge is 0.320 e. The molecule has 0 N–H and O–H groups in total. The van der Waals surface area contributed by atoms with Gasteiger partial charge in [0.25, 0.3) is 0 Å². The van der Waals surface area contributed by atoms with E-state index in [0.717, 1.165) is 32.1 Å². The van der Waals surface area contributed by atoms with Crippen molar-refractivity contribution in [2.75, 3.05) is 13.2 Å². The maximum atomic E-state index is 13.1. The first-order valence-corrected chi connectivity index (χ1v) is 9.44. The maximum absolute atomic E-state index is 13.1. The van der Waals surface area contributed by atoms with E-state index < -0.39 is 10.8 Å². The first-order valence-electron chi connectivity index (χ1n) is 9.44. The fourth-order valence-electron chi connectivity index (χ4n) is 7.07. The zero-order valence-corrected chi connectivity index (χ0v) is 14.6. The Morgan fingerprint density at radius 2 is 1.84 bits per heavy atom. The number of allylic oxidation sites excluding steroid dienone is 1. The molecule has 2 spiro atoms. The van der Waals surface area contributed by atoms with Gasteiger partial charge in [-0.25, -0.2) is 0 Å². The van der Waals surface area contributed by atoms with Crippen molar-refractivity contribution in [3.05, 3.63) is 12.2 Å². The molecule has 0 radical (unpaired) electrons. The van der Waals surface area contributed by atoms with Crippen LogP contribution in [0.1, 0.15) is 45.4 Å². The normalized spacial score (nSPS) is 51.2. The molecule has 25 heavy (non-hydrogen) atoms. The standard InChI is InChI=1S/C20H24O5/c1-11-12-4-5-13-19(10-25-17(23)20(13,8-12)15(11)21)7-3-6-18(2)14(19)9-24-16(18)22/h12-14H,1,3-10H2,2H3. The van der Waals surface area contributed by atoms with Gasteiger partial charge in [0.05, 0.1) is 18.6 Å². The minimum Gasteiger partial charge on any atom is -0.465 e. The molecule has 5 aliphatic rings. The third kappa shape index (κ3) is 1.55. The molecule has 6 unspecified atom stereocenters. The molecule has 2 heterocycles. The van der Waals surface area contributed by atoms with Crippen LogP contribution in [0.25, 0.3) is 0 Å². The Bertz CT molecular complexity index is 726. The van der Waals surface area contributed by atoms with E-state index in [-0.39, 0.29) is 40.9 Å². The van der Waals surface area contributed by atoms with Crippen molar-refractivity contribution in [1.29, 1.82) is 0 Å². The van der Waals surface area contributed by atoms with E-state index in [9.17, 15) is 14.4 Å². The molecule has 134 valence electrons. The number of carbonyl (C=O) groups is 3. The second-order valence-electron chi connectivity index (χ2n) is 9.09. The van der Waals surface area contributed by atoms with Gasteiger partial charge in [0.15, 0.2) is 5.78 Å². The first kappa shape index (κ1) is 15.6. The Kier molecular flexibility index (Phi) is 2.83. The van der Waals surface area contributed by atoms with Crippen molar-refractivity contribution in [2.24, 2.45) is 34.0 Å². The zero-order valence-electron chi connectivity index (χ0n) is 14.6. The molecule has 5 nitrogen and oxygen atoms in total. The molecule has 0 aromatic rings. The van der Waals surface area contributed by atoms with Gasteiger partial charge < -0.3 is 9.47 Å². The van der Waals surface area contributed by atoms with Gasteiger partial charge in [0.1, 0.15) is 5.41 Å². The molecule has 2 aliphatic heterocycles. The van der Waals surface area contributed by atoms with Crippen LogP contribution in [0, 0.1) is 34.0 Å². The Morgan fingerprint density at radius 1 is 1.04 bits per heavy atom. The van der Waals surface area contributed by atoms with Gasteiger partial charge in [0, 0.05) is 11.3 Å². The fraction of sp³-hybridized carbons (Fsp3) is 0.750. The van der Waals surface area contributed by atoms with Crippen molar-refractivity contribution in [3.63, 3.8) is 0 Å². The van der Waals surface area contributed by atoms with Gasteiger partial charge in [-0.2, -0.15) is 0 Å². The van der Waals surface area contributed by atoms with E-state index >= 15 is 0 Å². The summed E-state index contributed by atoms with van der Waals surface area (Å²) in [7, 11) is 0. The lowest BCUT2D eigenvalue weighted by Gasteiger charge is -2.58. The molecule has 5 heteroatoms. The molecular weight excluding hydrogens is 320 g/mol. The highest BCUT2D eigenvalue weighted by Gasteiger charge is 2.73. The molecule has 5 rings (SSSR count). The summed E-state index contributed by atoms with van der Waals surface area (Å²) in [6.07, 6.45) is 4.91. The SMILES string of the molecule is C=C1C(=O)C23CC1CCC2C1(CCCC2(C)C(=O)OCC21)COC3=O. The number of esters is 2. The number of cyclic esters (lactones) is 2. The highest BCUT2D eigenvalue weighted by Crippen LogP contribution is 2.68. The van der Waals surface area contributed by atoms with Crippen LogP contribution in [0.5, 0.6) is 0 Å². The lowest BCUT2D eigenvalue weighted by Crippen LogP contribution is -2.63. The summed E-state index contributed by atoms with van der Waals surface area (Å²) >= 11 is 0. The first-order chi connectivity index (χ1) is 11.9. The van der Waals surface area contributed by atoms with Crippen LogP contribution in [0.15, 0.2) is 12.2 Å². The highest BCUT2D eigenvalue weighted by atomic mass is 16.5. The number of ketones is 1. The second kappa shape index (κ2) is 4.54. The molecule has 6 atom stereocenters. The number of Topliss-reactive ketones (excluding diaryl/α,β-unsaturated/α-hetero) is 1. The minimum atomic E-state index is -1.05. The third-order valence-corrected chi connectivity index (χ3v) is 8.34. The minimum absolute atomic E-state index is 0.0226. The van der Waals surface area contributed by atoms with E-state index in [2.05, 4.69) is 6.58 Å². The molecule has 0 aromatic heterocycles. The molecular formula is C20H24O5. The average molecular weight is 344 g/mol. The second-order valence-corrected chi connectivity index (χ2v) is 9.09. The quantitative estimate of drug-likeness (QED) is 0.383. The van der Waals surface area contributed by atoms with Crippen molar-refractivity contribution in [3.8, 4) is 0 Å². The third-order valence-electron chi connectivity index (χ3n) is 8.34. The Labute approximate surface area is 147 Å². The van der Waals surface area contributed by atoms with Crippen LogP contribution >= 0.6 is 0 Å². The number of ether oxygens (including phenoxy) is 2. The Balaban J connectivity index is 1.66. The van der Waals surface area contributed by atoms with E-state index in [1.807, 2.05) is 6.92 Å². The average Bonchev–Trinajstić information content (AvgIpc) is 3.01. The predicted octanol–water partition coefficient (Wildman–Crippen LogP) is 2.43. The van der Waals surface area contributed by atoms with Gasteiger partial charge in [-0.3, -0.25) is 14.4 Å². The zero-order chi connectivity index (χ0) is 17.6.